The zero-order valence-corrected chi connectivity index (χ0v) is 20.3. The molecule has 2 amide bonds. The number of phenols is 1. The van der Waals surface area contributed by atoms with Crippen molar-refractivity contribution in [3.63, 3.8) is 0 Å². The number of carbonyl (C=O) groups excluding carboxylic acids is 2. The molecule has 34 heavy (non-hydrogen) atoms. The van der Waals surface area contributed by atoms with Crippen LogP contribution in [0.5, 0.6) is 5.75 Å². The fourth-order valence-corrected chi connectivity index (χ4v) is 3.75. The highest BCUT2D eigenvalue weighted by Gasteiger charge is 2.32. The molecule has 0 aromatic heterocycles. The van der Waals surface area contributed by atoms with E-state index in [0.717, 1.165) is 9.37 Å². The number of anilines is 1. The second-order valence-electron chi connectivity index (χ2n) is 7.27. The van der Waals surface area contributed by atoms with Gasteiger partial charge in [0.2, 0.25) is 11.8 Å². The zero-order chi connectivity index (χ0) is 25.4. The third kappa shape index (κ3) is 7.20. The van der Waals surface area contributed by atoms with Crippen LogP contribution in [0.25, 0.3) is 11.1 Å². The van der Waals surface area contributed by atoms with Crippen LogP contribution in [0.15, 0.2) is 46.9 Å². The molecule has 0 aliphatic rings. The lowest BCUT2D eigenvalue weighted by Gasteiger charge is -2.32. The van der Waals surface area contributed by atoms with E-state index in [1.807, 2.05) is 0 Å². The van der Waals surface area contributed by atoms with Gasteiger partial charge in [-0.2, -0.15) is 12.6 Å². The van der Waals surface area contributed by atoms with Gasteiger partial charge < -0.3 is 26.4 Å². The highest BCUT2D eigenvalue weighted by atomic mass is 79.9. The molecule has 0 spiro atoms. The van der Waals surface area contributed by atoms with Gasteiger partial charge in [-0.25, -0.2) is 0 Å². The van der Waals surface area contributed by atoms with Crippen LogP contribution in [0.4, 0.5) is 5.69 Å². The van der Waals surface area contributed by atoms with Crippen molar-refractivity contribution >= 4 is 58.0 Å². The molecule has 0 aliphatic carbocycles. The molecule has 0 bridgehead atoms. The number of amides is 2. The number of hydrogen-bond acceptors (Lipinski definition) is 7. The van der Waals surface area contributed by atoms with E-state index in [9.17, 15) is 24.3 Å². The Morgan fingerprint density at radius 2 is 1.74 bits per heavy atom. The normalized spacial score (nSPS) is 12.4. The van der Waals surface area contributed by atoms with E-state index in [2.05, 4.69) is 33.9 Å². The number of nitrogens with one attached hydrogen (secondary N) is 1. The third-order valence-corrected chi connectivity index (χ3v) is 5.73. The van der Waals surface area contributed by atoms with Gasteiger partial charge in [-0.15, -0.1) is 0 Å². The fraction of sp³-hybridized carbons (Fsp3) is 0.273. The summed E-state index contributed by atoms with van der Waals surface area (Å²) in [6.45, 7) is -0.663. The van der Waals surface area contributed by atoms with Gasteiger partial charge >= 0.3 is 11.9 Å². The average molecular weight is 554 g/mol. The summed E-state index contributed by atoms with van der Waals surface area (Å²) < 4.78 is 0.801. The van der Waals surface area contributed by atoms with Gasteiger partial charge in [0.15, 0.2) is 0 Å². The van der Waals surface area contributed by atoms with Gasteiger partial charge in [-0.1, -0.05) is 28.1 Å². The van der Waals surface area contributed by atoms with Crippen LogP contribution in [-0.2, 0) is 19.2 Å². The number of carboxylic acid groups (broad SMARTS) is 2. The van der Waals surface area contributed by atoms with E-state index >= 15 is 0 Å². The minimum absolute atomic E-state index is 0.0836. The van der Waals surface area contributed by atoms with E-state index in [-0.39, 0.29) is 30.0 Å². The largest absolute Gasteiger partial charge is 0.508 e. The second-order valence-corrected chi connectivity index (χ2v) is 8.55. The number of phenolic OH excluding ortho intramolecular Hbond substituents is 1. The Bertz CT molecular complexity index is 1060. The number of carboxylic acids is 2. The van der Waals surface area contributed by atoms with Crippen LogP contribution in [0.1, 0.15) is 12.8 Å². The van der Waals surface area contributed by atoms with Crippen LogP contribution in [0, 0.1) is 0 Å². The molecule has 0 saturated heterocycles. The minimum Gasteiger partial charge on any atom is -0.508 e. The van der Waals surface area contributed by atoms with Gasteiger partial charge in [0.25, 0.3) is 0 Å². The molecule has 0 saturated carbocycles. The molecule has 2 unspecified atom stereocenters. The van der Waals surface area contributed by atoms with Crippen LogP contribution >= 0.6 is 28.6 Å². The van der Waals surface area contributed by atoms with Gasteiger partial charge in [0, 0.05) is 22.2 Å². The smallest absolute Gasteiger partial charge is 0.322 e. The Morgan fingerprint density at radius 3 is 2.29 bits per heavy atom. The van der Waals surface area contributed by atoms with Gasteiger partial charge in [-0.3, -0.25) is 24.1 Å². The lowest BCUT2D eigenvalue weighted by atomic mass is 10.0. The van der Waals surface area contributed by atoms with Crippen molar-refractivity contribution in [2.24, 2.45) is 5.73 Å². The van der Waals surface area contributed by atoms with Crippen molar-refractivity contribution < 1.29 is 34.5 Å². The number of carbonyl (C=O) groups is 4. The number of rotatable bonds is 11. The van der Waals surface area contributed by atoms with Crippen molar-refractivity contribution in [2.75, 3.05) is 17.2 Å². The minimum atomic E-state index is -1.29. The summed E-state index contributed by atoms with van der Waals surface area (Å²) in [7, 11) is 0. The first kappa shape index (κ1) is 27.2. The van der Waals surface area contributed by atoms with E-state index < -0.39 is 42.4 Å². The molecule has 2 atom stereocenters. The molecule has 0 heterocycles. The number of benzene rings is 2. The second kappa shape index (κ2) is 12.4. The van der Waals surface area contributed by atoms with Crippen molar-refractivity contribution in [2.45, 2.75) is 24.9 Å². The first-order valence-corrected chi connectivity index (χ1v) is 11.5. The molecule has 2 rings (SSSR count). The fourth-order valence-electron chi connectivity index (χ4n) is 3.16. The van der Waals surface area contributed by atoms with Crippen molar-refractivity contribution in [1.29, 1.82) is 0 Å². The molecule has 0 fully saturated rings. The standard InChI is InChI=1S/C22H24BrN3O7S/c23-13-3-1-12(2-4-13)15-9-14(27)5-7-17(15)26(19(28)8-6-16(24)22(32)33)18(11-34)21(31)25-10-20(29)30/h1-5,7,9,16,18,27,34H,6,8,10-11,24H2,(H,25,31)(H,29,30)(H,32,33). The van der Waals surface area contributed by atoms with E-state index in [1.165, 1.54) is 18.2 Å². The molecule has 0 aliphatic heterocycles. The quantitative estimate of drug-likeness (QED) is 0.229. The van der Waals surface area contributed by atoms with Crippen molar-refractivity contribution in [1.82, 2.24) is 5.32 Å². The lowest BCUT2D eigenvalue weighted by Crippen LogP contribution is -2.52. The predicted molar refractivity (Wildman–Crippen MR) is 132 cm³/mol. The molecule has 2 aromatic rings. The maximum absolute atomic E-state index is 13.3. The van der Waals surface area contributed by atoms with Gasteiger partial charge in [0.1, 0.15) is 24.4 Å². The van der Waals surface area contributed by atoms with E-state index in [4.69, 9.17) is 15.9 Å². The van der Waals surface area contributed by atoms with Crippen LogP contribution in [-0.4, -0.2) is 63.5 Å². The third-order valence-electron chi connectivity index (χ3n) is 4.85. The molecular formula is C22H24BrN3O7S. The Labute approximate surface area is 209 Å². The molecule has 10 nitrogen and oxygen atoms in total. The summed E-state index contributed by atoms with van der Waals surface area (Å²) in [6, 6.07) is 8.70. The van der Waals surface area contributed by atoms with Crippen molar-refractivity contribution in [3.8, 4) is 16.9 Å². The number of nitrogens with two attached hydrogens (primary N) is 1. The summed E-state index contributed by atoms with van der Waals surface area (Å²) in [5, 5.41) is 30.3. The average Bonchev–Trinajstić information content (AvgIpc) is 2.79. The highest BCUT2D eigenvalue weighted by Crippen LogP contribution is 2.36. The Morgan fingerprint density at radius 1 is 1.09 bits per heavy atom. The summed E-state index contributed by atoms with van der Waals surface area (Å²) in [4.78, 5) is 49.3. The topological polar surface area (TPSA) is 170 Å². The molecule has 6 N–H and O–H groups in total. The molecule has 182 valence electrons. The Hall–Kier alpha value is -3.09. The van der Waals surface area contributed by atoms with Gasteiger partial charge in [0.05, 0.1) is 5.69 Å². The van der Waals surface area contributed by atoms with Crippen LogP contribution < -0.4 is 16.0 Å². The molecule has 12 heteroatoms. The van der Waals surface area contributed by atoms with Crippen LogP contribution in [0.3, 0.4) is 0 Å². The number of aromatic hydroxyl groups is 1. The maximum atomic E-state index is 13.3. The van der Waals surface area contributed by atoms with Crippen LogP contribution in [0.2, 0.25) is 0 Å². The first-order chi connectivity index (χ1) is 16.0. The summed E-state index contributed by atoms with van der Waals surface area (Å²) in [5.74, 6) is -4.17. The summed E-state index contributed by atoms with van der Waals surface area (Å²) >= 11 is 7.55. The summed E-state index contributed by atoms with van der Waals surface area (Å²) in [5.41, 5.74) is 6.83. The molecule has 2 aromatic carbocycles. The predicted octanol–water partition coefficient (Wildman–Crippen LogP) is 1.85. The zero-order valence-electron chi connectivity index (χ0n) is 17.8. The first-order valence-electron chi connectivity index (χ1n) is 10.0. The highest BCUT2D eigenvalue weighted by molar-refractivity contribution is 9.10. The summed E-state index contributed by atoms with van der Waals surface area (Å²) in [6.07, 6.45) is -0.489. The molecule has 0 radical (unpaired) electrons. The Balaban J connectivity index is 2.57. The number of halogens is 1. The monoisotopic (exact) mass is 553 g/mol. The van der Waals surface area contributed by atoms with Gasteiger partial charge in [-0.05, 0) is 42.3 Å². The van der Waals surface area contributed by atoms with E-state index in [0.29, 0.717) is 11.1 Å². The number of nitrogens with zero attached hydrogens (tertiary/aromatic N) is 1. The maximum Gasteiger partial charge on any atom is 0.322 e. The van der Waals surface area contributed by atoms with Crippen molar-refractivity contribution in [3.05, 3.63) is 46.9 Å². The number of hydrogen-bond donors (Lipinski definition) is 6. The van der Waals surface area contributed by atoms with E-state index in [1.54, 1.807) is 24.3 Å². The SMILES string of the molecule is NC(CCC(=O)N(c1ccc(O)cc1-c1ccc(Br)cc1)C(CS)C(=O)NCC(=O)O)C(=O)O. The number of thiol groups is 1. The number of aliphatic carboxylic acids is 2. The Kier molecular flexibility index (Phi) is 9.90. The molecular weight excluding hydrogens is 530 g/mol. The lowest BCUT2D eigenvalue weighted by molar-refractivity contribution is -0.139.